The number of rotatable bonds is 3. The fraction of sp³-hybridized carbons (Fsp3) is 0.222. The monoisotopic (exact) mass is 278 g/mol. The second kappa shape index (κ2) is 6.23. The zero-order chi connectivity index (χ0) is 15.4. The molecule has 0 aliphatic rings. The molecule has 0 aliphatic heterocycles. The number of nitriles is 1. The molecule has 1 amide bonds. The molecular weight excluding hydrogens is 260 g/mol. The van der Waals surface area contributed by atoms with Gasteiger partial charge < -0.3 is 4.90 Å². The lowest BCUT2D eigenvalue weighted by Gasteiger charge is -2.23. The molecule has 0 unspecified atom stereocenters. The largest absolute Gasteiger partial charge is 0.308 e. The fourth-order valence-corrected chi connectivity index (χ4v) is 2.28. The van der Waals surface area contributed by atoms with E-state index in [1.54, 1.807) is 29.2 Å². The van der Waals surface area contributed by atoms with Crippen molar-refractivity contribution in [3.05, 3.63) is 64.7 Å². The molecular formula is C18H18N2O. The molecule has 106 valence electrons. The molecule has 0 radical (unpaired) electrons. The van der Waals surface area contributed by atoms with Crippen LogP contribution in [0.4, 0.5) is 5.69 Å². The Bertz CT molecular complexity index is 696. The van der Waals surface area contributed by atoms with Crippen LogP contribution in [0.3, 0.4) is 0 Å². The van der Waals surface area contributed by atoms with Gasteiger partial charge in [0.1, 0.15) is 0 Å². The zero-order valence-corrected chi connectivity index (χ0v) is 12.6. The lowest BCUT2D eigenvalue weighted by molar-refractivity contribution is 0.0988. The molecule has 0 saturated carbocycles. The molecule has 0 heterocycles. The van der Waals surface area contributed by atoms with Crippen LogP contribution in [0.25, 0.3) is 0 Å². The number of hydrogen-bond donors (Lipinski definition) is 0. The predicted octanol–water partition coefficient (Wildman–Crippen LogP) is 3.84. The average molecular weight is 278 g/mol. The van der Waals surface area contributed by atoms with E-state index in [-0.39, 0.29) is 5.91 Å². The summed E-state index contributed by atoms with van der Waals surface area (Å²) in [6.45, 7) is 6.58. The van der Waals surface area contributed by atoms with Crippen molar-refractivity contribution < 1.29 is 4.79 Å². The quantitative estimate of drug-likeness (QED) is 0.856. The second-order valence-corrected chi connectivity index (χ2v) is 5.03. The summed E-state index contributed by atoms with van der Waals surface area (Å²) in [5.41, 5.74) is 4.29. The third-order valence-electron chi connectivity index (χ3n) is 3.48. The minimum atomic E-state index is -0.0457. The van der Waals surface area contributed by atoms with Crippen LogP contribution in [0.1, 0.15) is 34.0 Å². The van der Waals surface area contributed by atoms with E-state index in [0.717, 1.165) is 16.8 Å². The van der Waals surface area contributed by atoms with E-state index < -0.39 is 0 Å². The standard InChI is InChI=1S/C18H18N2O/c1-4-20(17-11-13(2)5-6-14(17)3)18(21)16-9-7-15(12-19)8-10-16/h5-11H,4H2,1-3H3. The molecule has 0 spiro atoms. The Balaban J connectivity index is 2.38. The minimum Gasteiger partial charge on any atom is -0.308 e. The minimum absolute atomic E-state index is 0.0457. The molecule has 2 rings (SSSR count). The average Bonchev–Trinajstić information content (AvgIpc) is 2.51. The Hall–Kier alpha value is -2.60. The van der Waals surface area contributed by atoms with Crippen molar-refractivity contribution >= 4 is 11.6 Å². The van der Waals surface area contributed by atoms with Gasteiger partial charge in [-0.3, -0.25) is 4.79 Å². The topological polar surface area (TPSA) is 44.1 Å². The molecule has 0 saturated heterocycles. The summed E-state index contributed by atoms with van der Waals surface area (Å²) in [6, 6.07) is 14.9. The first-order chi connectivity index (χ1) is 10.1. The van der Waals surface area contributed by atoms with Gasteiger partial charge in [0.05, 0.1) is 11.6 Å². The highest BCUT2D eigenvalue weighted by atomic mass is 16.2. The van der Waals surface area contributed by atoms with Crippen LogP contribution in [0, 0.1) is 25.2 Å². The maximum atomic E-state index is 12.7. The van der Waals surface area contributed by atoms with E-state index in [4.69, 9.17) is 5.26 Å². The van der Waals surface area contributed by atoms with Gasteiger partial charge in [-0.1, -0.05) is 12.1 Å². The smallest absolute Gasteiger partial charge is 0.258 e. The number of carbonyl (C=O) groups is 1. The van der Waals surface area contributed by atoms with Gasteiger partial charge in [-0.25, -0.2) is 0 Å². The molecule has 0 bridgehead atoms. The molecule has 21 heavy (non-hydrogen) atoms. The first-order valence-corrected chi connectivity index (χ1v) is 6.96. The van der Waals surface area contributed by atoms with Crippen molar-refractivity contribution in [1.29, 1.82) is 5.26 Å². The molecule has 0 aliphatic carbocycles. The Morgan fingerprint density at radius 2 is 1.81 bits per heavy atom. The fourth-order valence-electron chi connectivity index (χ4n) is 2.28. The summed E-state index contributed by atoms with van der Waals surface area (Å²) >= 11 is 0. The summed E-state index contributed by atoms with van der Waals surface area (Å²) in [5, 5.41) is 8.82. The van der Waals surface area contributed by atoms with Crippen LogP contribution < -0.4 is 4.90 Å². The number of carbonyl (C=O) groups excluding carboxylic acids is 1. The molecule has 0 N–H and O–H groups in total. The van der Waals surface area contributed by atoms with Crippen LogP contribution in [-0.4, -0.2) is 12.5 Å². The molecule has 0 fully saturated rings. The summed E-state index contributed by atoms with van der Waals surface area (Å²) in [6.07, 6.45) is 0. The maximum Gasteiger partial charge on any atom is 0.258 e. The number of amides is 1. The Kier molecular flexibility index (Phi) is 4.39. The van der Waals surface area contributed by atoms with E-state index in [1.165, 1.54) is 0 Å². The van der Waals surface area contributed by atoms with Crippen LogP contribution >= 0.6 is 0 Å². The Morgan fingerprint density at radius 3 is 2.38 bits per heavy atom. The molecule has 2 aromatic rings. The van der Waals surface area contributed by atoms with Gasteiger partial charge in [-0.05, 0) is 62.2 Å². The highest BCUT2D eigenvalue weighted by Crippen LogP contribution is 2.23. The summed E-state index contributed by atoms with van der Waals surface area (Å²) < 4.78 is 0. The van der Waals surface area contributed by atoms with Crippen LogP contribution in [0.5, 0.6) is 0 Å². The van der Waals surface area contributed by atoms with Crippen molar-refractivity contribution in [3.63, 3.8) is 0 Å². The zero-order valence-electron chi connectivity index (χ0n) is 12.6. The maximum absolute atomic E-state index is 12.7. The Morgan fingerprint density at radius 1 is 1.14 bits per heavy atom. The summed E-state index contributed by atoms with van der Waals surface area (Å²) in [5.74, 6) is -0.0457. The number of anilines is 1. The van der Waals surface area contributed by atoms with Gasteiger partial charge >= 0.3 is 0 Å². The lowest BCUT2D eigenvalue weighted by atomic mass is 10.1. The van der Waals surface area contributed by atoms with Gasteiger partial charge in [-0.15, -0.1) is 0 Å². The van der Waals surface area contributed by atoms with Gasteiger partial charge in [0.2, 0.25) is 0 Å². The van der Waals surface area contributed by atoms with Gasteiger partial charge in [0, 0.05) is 17.8 Å². The van der Waals surface area contributed by atoms with Crippen molar-refractivity contribution in [1.82, 2.24) is 0 Å². The van der Waals surface area contributed by atoms with Crippen molar-refractivity contribution in [3.8, 4) is 6.07 Å². The summed E-state index contributed by atoms with van der Waals surface area (Å²) in [4.78, 5) is 14.5. The van der Waals surface area contributed by atoms with E-state index in [1.807, 2.05) is 39.0 Å². The third kappa shape index (κ3) is 3.11. The van der Waals surface area contributed by atoms with Crippen molar-refractivity contribution in [2.45, 2.75) is 20.8 Å². The van der Waals surface area contributed by atoms with E-state index in [2.05, 4.69) is 6.07 Å². The molecule has 0 atom stereocenters. The van der Waals surface area contributed by atoms with E-state index in [0.29, 0.717) is 17.7 Å². The number of hydrogen-bond acceptors (Lipinski definition) is 2. The SMILES string of the molecule is CCN(C(=O)c1ccc(C#N)cc1)c1cc(C)ccc1C. The van der Waals surface area contributed by atoms with Crippen molar-refractivity contribution in [2.24, 2.45) is 0 Å². The summed E-state index contributed by atoms with van der Waals surface area (Å²) in [7, 11) is 0. The lowest BCUT2D eigenvalue weighted by Crippen LogP contribution is -2.31. The van der Waals surface area contributed by atoms with Crippen molar-refractivity contribution in [2.75, 3.05) is 11.4 Å². The highest BCUT2D eigenvalue weighted by Gasteiger charge is 2.17. The third-order valence-corrected chi connectivity index (χ3v) is 3.48. The first kappa shape index (κ1) is 14.8. The number of aryl methyl sites for hydroxylation is 2. The predicted molar refractivity (Wildman–Crippen MR) is 84.4 cm³/mol. The highest BCUT2D eigenvalue weighted by molar-refractivity contribution is 6.06. The molecule has 3 heteroatoms. The Labute approximate surface area is 125 Å². The normalized spacial score (nSPS) is 10.0. The van der Waals surface area contributed by atoms with Crippen LogP contribution in [0.2, 0.25) is 0 Å². The van der Waals surface area contributed by atoms with Gasteiger partial charge in [-0.2, -0.15) is 5.26 Å². The molecule has 0 aromatic heterocycles. The molecule has 2 aromatic carbocycles. The first-order valence-electron chi connectivity index (χ1n) is 6.96. The van der Waals surface area contributed by atoms with Gasteiger partial charge in [0.15, 0.2) is 0 Å². The van der Waals surface area contributed by atoms with E-state index >= 15 is 0 Å². The molecule has 3 nitrogen and oxygen atoms in total. The van der Waals surface area contributed by atoms with Gasteiger partial charge in [0.25, 0.3) is 5.91 Å². The number of nitrogens with zero attached hydrogens (tertiary/aromatic N) is 2. The van der Waals surface area contributed by atoms with Crippen LogP contribution in [-0.2, 0) is 0 Å². The number of benzene rings is 2. The van der Waals surface area contributed by atoms with E-state index in [9.17, 15) is 4.79 Å². The van der Waals surface area contributed by atoms with Crippen LogP contribution in [0.15, 0.2) is 42.5 Å². The second-order valence-electron chi connectivity index (χ2n) is 5.03.